The van der Waals surface area contributed by atoms with E-state index in [0.717, 1.165) is 29.7 Å². The van der Waals surface area contributed by atoms with Gasteiger partial charge in [-0.3, -0.25) is 4.79 Å². The summed E-state index contributed by atoms with van der Waals surface area (Å²) >= 11 is 1.45. The molecule has 0 fully saturated rings. The van der Waals surface area contributed by atoms with Crippen LogP contribution in [0.15, 0.2) is 35.2 Å². The standard InChI is InChI=1S/C18H24N2O3S2/c1-4-6-10-19-25(22,23)16-9-7-8-15(12-16)20-18(21)17-11-14(5-2)13(3)24-17/h7-9,11-12,19H,4-6,10H2,1-3H3,(H,20,21). The first-order valence-corrected chi connectivity index (χ1v) is 10.7. The molecule has 0 aliphatic heterocycles. The lowest BCUT2D eigenvalue weighted by molar-refractivity contribution is 0.103. The summed E-state index contributed by atoms with van der Waals surface area (Å²) in [4.78, 5) is 14.3. The highest BCUT2D eigenvalue weighted by Gasteiger charge is 2.16. The molecule has 0 saturated carbocycles. The Labute approximate surface area is 153 Å². The van der Waals surface area contributed by atoms with E-state index in [-0.39, 0.29) is 10.8 Å². The molecule has 25 heavy (non-hydrogen) atoms. The zero-order valence-electron chi connectivity index (χ0n) is 14.8. The number of sulfonamides is 1. The number of thiophene rings is 1. The maximum absolute atomic E-state index is 12.4. The number of rotatable bonds is 8. The Morgan fingerprint density at radius 2 is 1.96 bits per heavy atom. The van der Waals surface area contributed by atoms with Crippen molar-refractivity contribution in [2.24, 2.45) is 0 Å². The van der Waals surface area contributed by atoms with Crippen molar-refractivity contribution in [1.29, 1.82) is 0 Å². The highest BCUT2D eigenvalue weighted by molar-refractivity contribution is 7.89. The van der Waals surface area contributed by atoms with Gasteiger partial charge in [-0.2, -0.15) is 0 Å². The number of amides is 1. The molecule has 2 N–H and O–H groups in total. The summed E-state index contributed by atoms with van der Waals surface area (Å²) in [6.45, 7) is 6.45. The van der Waals surface area contributed by atoms with Gasteiger partial charge in [-0.05, 0) is 49.6 Å². The Balaban J connectivity index is 2.14. The van der Waals surface area contributed by atoms with Crippen LogP contribution in [-0.2, 0) is 16.4 Å². The van der Waals surface area contributed by atoms with Gasteiger partial charge in [0, 0.05) is 17.1 Å². The second-order valence-corrected chi connectivity index (χ2v) is 8.80. The number of carbonyl (C=O) groups excluding carboxylic acids is 1. The summed E-state index contributed by atoms with van der Waals surface area (Å²) in [5.41, 5.74) is 1.62. The minimum atomic E-state index is -3.56. The van der Waals surface area contributed by atoms with Gasteiger partial charge >= 0.3 is 0 Å². The van der Waals surface area contributed by atoms with Crippen LogP contribution >= 0.6 is 11.3 Å². The molecule has 0 aliphatic rings. The molecule has 0 aliphatic carbocycles. The zero-order valence-corrected chi connectivity index (χ0v) is 16.4. The van der Waals surface area contributed by atoms with E-state index in [0.29, 0.717) is 17.1 Å². The lowest BCUT2D eigenvalue weighted by Gasteiger charge is -2.09. The van der Waals surface area contributed by atoms with Crippen LogP contribution in [0.25, 0.3) is 0 Å². The average Bonchev–Trinajstić information content (AvgIpc) is 2.96. The van der Waals surface area contributed by atoms with Crippen molar-refractivity contribution < 1.29 is 13.2 Å². The van der Waals surface area contributed by atoms with E-state index in [9.17, 15) is 13.2 Å². The summed E-state index contributed by atoms with van der Waals surface area (Å²) in [5.74, 6) is -0.221. The van der Waals surface area contributed by atoms with Crippen LogP contribution in [0, 0.1) is 6.92 Å². The molecule has 0 bridgehead atoms. The Bertz CT molecular complexity index is 842. The summed E-state index contributed by atoms with van der Waals surface area (Å²) in [7, 11) is -3.56. The zero-order chi connectivity index (χ0) is 18.4. The molecule has 7 heteroatoms. The fourth-order valence-electron chi connectivity index (χ4n) is 2.38. The van der Waals surface area contributed by atoms with E-state index in [4.69, 9.17) is 0 Å². The first-order chi connectivity index (χ1) is 11.9. The van der Waals surface area contributed by atoms with Crippen molar-refractivity contribution >= 4 is 33.0 Å². The molecule has 1 aromatic heterocycles. The molecule has 0 unspecified atom stereocenters. The molecular weight excluding hydrogens is 356 g/mol. The smallest absolute Gasteiger partial charge is 0.265 e. The molecule has 1 amide bonds. The SMILES string of the molecule is CCCCNS(=O)(=O)c1cccc(NC(=O)c2cc(CC)c(C)s2)c1. The fourth-order valence-corrected chi connectivity index (χ4v) is 4.51. The quantitative estimate of drug-likeness (QED) is 0.681. The minimum Gasteiger partial charge on any atom is -0.321 e. The third-order valence-corrected chi connectivity index (χ3v) is 6.40. The number of benzene rings is 1. The Kier molecular flexibility index (Phi) is 6.75. The van der Waals surface area contributed by atoms with E-state index in [2.05, 4.69) is 17.0 Å². The van der Waals surface area contributed by atoms with E-state index in [1.165, 1.54) is 23.5 Å². The highest BCUT2D eigenvalue weighted by Crippen LogP contribution is 2.23. The highest BCUT2D eigenvalue weighted by atomic mass is 32.2. The maximum atomic E-state index is 12.4. The van der Waals surface area contributed by atoms with Crippen LogP contribution in [-0.4, -0.2) is 20.9 Å². The lowest BCUT2D eigenvalue weighted by Crippen LogP contribution is -2.24. The Morgan fingerprint density at radius 3 is 2.60 bits per heavy atom. The molecule has 0 atom stereocenters. The number of anilines is 1. The van der Waals surface area contributed by atoms with Crippen LogP contribution in [0.2, 0.25) is 0 Å². The Morgan fingerprint density at radius 1 is 1.20 bits per heavy atom. The van der Waals surface area contributed by atoms with Crippen LogP contribution in [0.1, 0.15) is 46.8 Å². The van der Waals surface area contributed by atoms with Crippen LogP contribution in [0.4, 0.5) is 5.69 Å². The second-order valence-electron chi connectivity index (χ2n) is 5.78. The molecule has 1 aromatic carbocycles. The monoisotopic (exact) mass is 380 g/mol. The molecule has 2 aromatic rings. The summed E-state index contributed by atoms with van der Waals surface area (Å²) < 4.78 is 27.1. The molecule has 0 radical (unpaired) electrons. The molecule has 2 rings (SSSR count). The van der Waals surface area contributed by atoms with Crippen molar-refractivity contribution in [3.63, 3.8) is 0 Å². The second kappa shape index (κ2) is 8.60. The van der Waals surface area contributed by atoms with Gasteiger partial charge in [0.15, 0.2) is 0 Å². The van der Waals surface area contributed by atoms with Gasteiger partial charge in [0.2, 0.25) is 10.0 Å². The van der Waals surface area contributed by atoms with Crippen LogP contribution in [0.5, 0.6) is 0 Å². The van der Waals surface area contributed by atoms with E-state index in [1.807, 2.05) is 19.9 Å². The van der Waals surface area contributed by atoms with Crippen molar-refractivity contribution in [2.45, 2.75) is 44.9 Å². The topological polar surface area (TPSA) is 75.3 Å². The number of nitrogens with one attached hydrogen (secondary N) is 2. The van der Waals surface area contributed by atoms with Gasteiger partial charge < -0.3 is 5.32 Å². The predicted molar refractivity (Wildman–Crippen MR) is 103 cm³/mol. The summed E-state index contributed by atoms with van der Waals surface area (Å²) in [6.07, 6.45) is 2.58. The maximum Gasteiger partial charge on any atom is 0.265 e. The number of aryl methyl sites for hydroxylation is 2. The molecule has 136 valence electrons. The first kappa shape index (κ1) is 19.6. The minimum absolute atomic E-state index is 0.151. The van der Waals surface area contributed by atoms with Crippen molar-refractivity contribution in [1.82, 2.24) is 4.72 Å². The number of hydrogen-bond acceptors (Lipinski definition) is 4. The third-order valence-electron chi connectivity index (χ3n) is 3.85. The fraction of sp³-hybridized carbons (Fsp3) is 0.389. The molecule has 0 spiro atoms. The van der Waals surface area contributed by atoms with Gasteiger partial charge in [-0.25, -0.2) is 13.1 Å². The first-order valence-electron chi connectivity index (χ1n) is 8.37. The van der Waals surface area contributed by atoms with Gasteiger partial charge in [0.25, 0.3) is 5.91 Å². The van der Waals surface area contributed by atoms with Crippen molar-refractivity contribution in [3.8, 4) is 0 Å². The normalized spacial score (nSPS) is 11.5. The number of carbonyl (C=O) groups is 1. The van der Waals surface area contributed by atoms with Gasteiger partial charge in [0.1, 0.15) is 0 Å². The summed E-state index contributed by atoms with van der Waals surface area (Å²) in [6, 6.07) is 8.20. The van der Waals surface area contributed by atoms with Gasteiger partial charge in [-0.1, -0.05) is 26.3 Å². The summed E-state index contributed by atoms with van der Waals surface area (Å²) in [5, 5.41) is 2.78. The van der Waals surface area contributed by atoms with Crippen molar-refractivity contribution in [3.05, 3.63) is 45.6 Å². The van der Waals surface area contributed by atoms with E-state index in [1.54, 1.807) is 12.1 Å². The van der Waals surface area contributed by atoms with Crippen LogP contribution in [0.3, 0.4) is 0 Å². The van der Waals surface area contributed by atoms with E-state index >= 15 is 0 Å². The lowest BCUT2D eigenvalue weighted by atomic mass is 10.2. The van der Waals surface area contributed by atoms with Crippen molar-refractivity contribution in [2.75, 3.05) is 11.9 Å². The predicted octanol–water partition coefficient (Wildman–Crippen LogP) is 3.95. The largest absolute Gasteiger partial charge is 0.321 e. The number of unbranched alkanes of at least 4 members (excludes halogenated alkanes) is 1. The third kappa shape index (κ3) is 5.14. The molecular formula is C18H24N2O3S2. The molecule has 5 nitrogen and oxygen atoms in total. The van der Waals surface area contributed by atoms with E-state index < -0.39 is 10.0 Å². The molecule has 1 heterocycles. The average molecular weight is 381 g/mol. The van der Waals surface area contributed by atoms with Gasteiger partial charge in [0.05, 0.1) is 9.77 Å². The number of hydrogen-bond donors (Lipinski definition) is 2. The Hall–Kier alpha value is -1.70. The van der Waals surface area contributed by atoms with Gasteiger partial charge in [-0.15, -0.1) is 11.3 Å². The molecule has 0 saturated heterocycles. The van der Waals surface area contributed by atoms with Crippen LogP contribution < -0.4 is 10.0 Å².